The molecule has 0 radical (unpaired) electrons. The highest BCUT2D eigenvalue weighted by atomic mass is 16.5. The van der Waals surface area contributed by atoms with Gasteiger partial charge in [-0.1, -0.05) is 0 Å². The summed E-state index contributed by atoms with van der Waals surface area (Å²) < 4.78 is 21.7. The van der Waals surface area contributed by atoms with Gasteiger partial charge in [-0.15, -0.1) is 0 Å². The maximum Gasteiger partial charge on any atom is 0.138 e. The molecule has 0 saturated heterocycles. The fourth-order valence-corrected chi connectivity index (χ4v) is 2.23. The Labute approximate surface area is 122 Å². The lowest BCUT2D eigenvalue weighted by Gasteiger charge is -2.06. The molecule has 1 heterocycles. The minimum absolute atomic E-state index is 0.724. The lowest BCUT2D eigenvalue weighted by Crippen LogP contribution is -1.88. The molecule has 21 heavy (non-hydrogen) atoms. The second-order valence-electron chi connectivity index (χ2n) is 4.62. The molecule has 2 aromatic carbocycles. The van der Waals surface area contributed by atoms with Gasteiger partial charge in [-0.2, -0.15) is 0 Å². The molecule has 3 rings (SSSR count). The Balaban J connectivity index is 2.11. The zero-order valence-corrected chi connectivity index (χ0v) is 12.2. The van der Waals surface area contributed by atoms with Crippen LogP contribution in [0.1, 0.15) is 0 Å². The van der Waals surface area contributed by atoms with Crippen LogP contribution in [0.15, 0.2) is 46.9 Å². The van der Waals surface area contributed by atoms with Crippen molar-refractivity contribution in [1.82, 2.24) is 0 Å². The molecule has 0 amide bonds. The second kappa shape index (κ2) is 5.40. The molecule has 0 spiro atoms. The van der Waals surface area contributed by atoms with Crippen LogP contribution in [0.3, 0.4) is 0 Å². The molecular formula is C17H16O4. The van der Waals surface area contributed by atoms with E-state index < -0.39 is 0 Å². The number of furan rings is 1. The lowest BCUT2D eigenvalue weighted by atomic mass is 10.1. The Kier molecular flexibility index (Phi) is 3.44. The van der Waals surface area contributed by atoms with Gasteiger partial charge in [-0.3, -0.25) is 0 Å². The van der Waals surface area contributed by atoms with Crippen LogP contribution < -0.4 is 14.2 Å². The summed E-state index contributed by atoms with van der Waals surface area (Å²) in [6.07, 6.45) is 0. The highest BCUT2D eigenvalue weighted by Crippen LogP contribution is 2.34. The van der Waals surface area contributed by atoms with Gasteiger partial charge < -0.3 is 18.6 Å². The first kappa shape index (κ1) is 13.4. The van der Waals surface area contributed by atoms with Crippen molar-refractivity contribution in [2.24, 2.45) is 0 Å². The molecule has 0 aliphatic carbocycles. The third-order valence-corrected chi connectivity index (χ3v) is 3.36. The average Bonchev–Trinajstić information content (AvgIpc) is 2.97. The first-order chi connectivity index (χ1) is 10.2. The lowest BCUT2D eigenvalue weighted by molar-refractivity contribution is 0.394. The summed E-state index contributed by atoms with van der Waals surface area (Å²) in [5, 5.41) is 1.02. The van der Waals surface area contributed by atoms with E-state index in [1.54, 1.807) is 21.3 Å². The Morgan fingerprint density at radius 3 is 2.00 bits per heavy atom. The summed E-state index contributed by atoms with van der Waals surface area (Å²) in [4.78, 5) is 0. The number of hydrogen-bond donors (Lipinski definition) is 0. The predicted molar refractivity (Wildman–Crippen MR) is 81.3 cm³/mol. The zero-order chi connectivity index (χ0) is 14.8. The molecule has 4 heteroatoms. The van der Waals surface area contributed by atoms with Crippen LogP contribution in [-0.2, 0) is 0 Å². The number of ether oxygens (including phenoxy) is 3. The van der Waals surface area contributed by atoms with E-state index >= 15 is 0 Å². The largest absolute Gasteiger partial charge is 0.497 e. The van der Waals surface area contributed by atoms with Gasteiger partial charge in [0.05, 0.1) is 21.3 Å². The van der Waals surface area contributed by atoms with Crippen molar-refractivity contribution >= 4 is 11.0 Å². The summed E-state index contributed by atoms with van der Waals surface area (Å²) in [5.41, 5.74) is 1.69. The van der Waals surface area contributed by atoms with Gasteiger partial charge in [0.15, 0.2) is 0 Å². The third kappa shape index (κ3) is 2.52. The topological polar surface area (TPSA) is 40.8 Å². The standard InChI is InChI=1S/C17H16O4/c1-18-13-5-4-11-8-16(21-17(11)10-13)12-6-14(19-2)9-15(7-12)20-3/h4-10H,1-3H3. The van der Waals surface area contributed by atoms with E-state index in [1.807, 2.05) is 42.5 Å². The molecule has 0 N–H and O–H groups in total. The normalized spacial score (nSPS) is 10.6. The second-order valence-corrected chi connectivity index (χ2v) is 4.62. The van der Waals surface area contributed by atoms with Crippen LogP contribution in [0.4, 0.5) is 0 Å². The summed E-state index contributed by atoms with van der Waals surface area (Å²) in [5.74, 6) is 2.98. The van der Waals surface area contributed by atoms with Crippen molar-refractivity contribution in [3.05, 3.63) is 42.5 Å². The Bertz CT molecular complexity index is 751. The van der Waals surface area contributed by atoms with E-state index in [1.165, 1.54) is 0 Å². The first-order valence-electron chi connectivity index (χ1n) is 6.54. The highest BCUT2D eigenvalue weighted by molar-refractivity contribution is 5.84. The van der Waals surface area contributed by atoms with Gasteiger partial charge in [0.1, 0.15) is 28.6 Å². The molecule has 4 nitrogen and oxygen atoms in total. The molecule has 0 atom stereocenters. The van der Waals surface area contributed by atoms with E-state index in [9.17, 15) is 0 Å². The van der Waals surface area contributed by atoms with Gasteiger partial charge in [0.25, 0.3) is 0 Å². The van der Waals surface area contributed by atoms with Crippen LogP contribution in [-0.4, -0.2) is 21.3 Å². The van der Waals surface area contributed by atoms with Gasteiger partial charge in [-0.05, 0) is 30.3 Å². The molecule has 0 aliphatic rings. The minimum Gasteiger partial charge on any atom is -0.497 e. The van der Waals surface area contributed by atoms with Gasteiger partial charge in [0, 0.05) is 23.1 Å². The molecule has 0 fully saturated rings. The monoisotopic (exact) mass is 284 g/mol. The van der Waals surface area contributed by atoms with Crippen LogP contribution in [0.5, 0.6) is 17.2 Å². The number of methoxy groups -OCH3 is 3. The van der Waals surface area contributed by atoms with Gasteiger partial charge >= 0.3 is 0 Å². The maximum absolute atomic E-state index is 5.90. The summed E-state index contributed by atoms with van der Waals surface area (Å²) in [6.45, 7) is 0. The van der Waals surface area contributed by atoms with Crippen LogP contribution in [0.25, 0.3) is 22.3 Å². The van der Waals surface area contributed by atoms with Crippen LogP contribution in [0, 0.1) is 0 Å². The van der Waals surface area contributed by atoms with E-state index in [0.717, 1.165) is 39.5 Å². The SMILES string of the molecule is COc1cc(OC)cc(-c2cc3ccc(OC)cc3o2)c1. The number of fused-ring (bicyclic) bond motifs is 1. The smallest absolute Gasteiger partial charge is 0.138 e. The minimum atomic E-state index is 0.724. The number of rotatable bonds is 4. The molecule has 108 valence electrons. The molecular weight excluding hydrogens is 268 g/mol. The molecule has 0 unspecified atom stereocenters. The molecule has 3 aromatic rings. The van der Waals surface area contributed by atoms with Crippen molar-refractivity contribution in [1.29, 1.82) is 0 Å². The predicted octanol–water partition coefficient (Wildman–Crippen LogP) is 4.13. The molecule has 0 aliphatic heterocycles. The van der Waals surface area contributed by atoms with E-state index in [-0.39, 0.29) is 0 Å². The number of benzene rings is 2. The fraction of sp³-hybridized carbons (Fsp3) is 0.176. The van der Waals surface area contributed by atoms with Crippen LogP contribution in [0.2, 0.25) is 0 Å². The van der Waals surface area contributed by atoms with Crippen molar-refractivity contribution in [2.75, 3.05) is 21.3 Å². The van der Waals surface area contributed by atoms with Crippen molar-refractivity contribution in [3.8, 4) is 28.6 Å². The number of hydrogen-bond acceptors (Lipinski definition) is 4. The molecule has 1 aromatic heterocycles. The third-order valence-electron chi connectivity index (χ3n) is 3.36. The fourth-order valence-electron chi connectivity index (χ4n) is 2.23. The zero-order valence-electron chi connectivity index (χ0n) is 12.2. The molecule has 0 saturated carbocycles. The summed E-state index contributed by atoms with van der Waals surface area (Å²) >= 11 is 0. The van der Waals surface area contributed by atoms with E-state index in [2.05, 4.69) is 0 Å². The average molecular weight is 284 g/mol. The van der Waals surface area contributed by atoms with Gasteiger partial charge in [-0.25, -0.2) is 0 Å². The Morgan fingerprint density at radius 2 is 1.38 bits per heavy atom. The quantitative estimate of drug-likeness (QED) is 0.722. The Morgan fingerprint density at radius 1 is 0.714 bits per heavy atom. The van der Waals surface area contributed by atoms with Gasteiger partial charge in [0.2, 0.25) is 0 Å². The maximum atomic E-state index is 5.90. The summed E-state index contributed by atoms with van der Waals surface area (Å²) in [6, 6.07) is 13.4. The van der Waals surface area contributed by atoms with Crippen molar-refractivity contribution in [2.45, 2.75) is 0 Å². The highest BCUT2D eigenvalue weighted by Gasteiger charge is 2.10. The summed E-state index contributed by atoms with van der Waals surface area (Å²) in [7, 11) is 4.89. The molecule has 0 bridgehead atoms. The van der Waals surface area contributed by atoms with Crippen molar-refractivity contribution in [3.63, 3.8) is 0 Å². The van der Waals surface area contributed by atoms with E-state index in [0.29, 0.717) is 0 Å². The van der Waals surface area contributed by atoms with Crippen molar-refractivity contribution < 1.29 is 18.6 Å². The first-order valence-corrected chi connectivity index (χ1v) is 6.54. The Hall–Kier alpha value is -2.62. The van der Waals surface area contributed by atoms with Crippen LogP contribution >= 0.6 is 0 Å². The van der Waals surface area contributed by atoms with E-state index in [4.69, 9.17) is 18.6 Å².